The van der Waals surface area contributed by atoms with E-state index in [0.717, 1.165) is 50.3 Å². The van der Waals surface area contributed by atoms with Crippen molar-refractivity contribution in [2.45, 2.75) is 149 Å². The molecule has 10 aromatic rings. The number of amides is 2. The van der Waals surface area contributed by atoms with E-state index in [0.29, 0.717) is 73.6 Å². The molecule has 0 saturated carbocycles. The summed E-state index contributed by atoms with van der Waals surface area (Å²) in [4.78, 5) is 87.4. The van der Waals surface area contributed by atoms with Crippen molar-refractivity contribution in [1.82, 2.24) is 10.6 Å². The van der Waals surface area contributed by atoms with Crippen LogP contribution < -0.4 is 45.8 Å². The van der Waals surface area contributed by atoms with E-state index in [1.165, 1.54) is 0 Å². The van der Waals surface area contributed by atoms with Crippen LogP contribution >= 0.6 is 24.8 Å². The second-order valence-corrected chi connectivity index (χ2v) is 29.1. The predicted octanol–water partition coefficient (Wildman–Crippen LogP) is 16.2. The molecule has 624 valence electrons. The second kappa shape index (κ2) is 49.5. The molecule has 0 radical (unpaired) electrons. The van der Waals surface area contributed by atoms with Crippen molar-refractivity contribution in [2.24, 2.45) is 17.4 Å². The summed E-state index contributed by atoms with van der Waals surface area (Å²) in [5.74, 6) is -0.767. The monoisotopic (exact) mass is 1650 g/mol. The van der Waals surface area contributed by atoms with Gasteiger partial charge in [-0.2, -0.15) is 0 Å². The van der Waals surface area contributed by atoms with Gasteiger partial charge in [0, 0.05) is 12.8 Å². The molecule has 118 heavy (non-hydrogen) atoms. The standard InChI is InChI=1S/C43H50N2O10.C33H34N2O6.C17H18O3.2ClH/c1-42(2,3)54-40(48)44-36(25-30-17-21-34(22-18-30)50-27-32-13-9-7-10-14-32)38(46)52-29-53-39(47)37(45-41(49)55-43(4,5)6)26-31-19-23-35(24-20-31)51-28-33-15-11-8-12-16-33;34-30(19-24-11-15-28(16-12-24)38-21-26-7-3-1-4-8-26)32(36)40-23-41-33(37)31(35)20-25-13-17-29(18-14-25)39-22-27-9-5-2-6-10-27;1-13(17(18)19)11-14-7-9-16(10-8-14)20-12-15-5-3-2-4-6-15;;/h7-24,36-37H,25-29H2,1-6H3,(H,44,48)(H,45,49);1-18,30-31H,19-23,34-35H2;2-10,13H,11-12H2,1H3,(H,18,19);2*1H. The first-order chi connectivity index (χ1) is 55.7. The van der Waals surface area contributed by atoms with Gasteiger partial charge < -0.3 is 79.3 Å². The number of nitrogens with two attached hydrogens (primary N) is 2. The van der Waals surface area contributed by atoms with Gasteiger partial charge in [0.1, 0.15) is 97.2 Å². The van der Waals surface area contributed by atoms with Crippen molar-refractivity contribution in [3.63, 3.8) is 0 Å². The van der Waals surface area contributed by atoms with Crippen LogP contribution in [0.2, 0.25) is 0 Å². The van der Waals surface area contributed by atoms with Crippen LogP contribution in [-0.2, 0) is 118 Å². The molecule has 5 unspecified atom stereocenters. The van der Waals surface area contributed by atoms with Crippen LogP contribution in [-0.4, -0.2) is 96.1 Å². The molecule has 10 aromatic carbocycles. The lowest BCUT2D eigenvalue weighted by Crippen LogP contribution is -2.47. The quantitative estimate of drug-likeness (QED) is 0.0138. The van der Waals surface area contributed by atoms with Gasteiger partial charge >= 0.3 is 42.0 Å². The van der Waals surface area contributed by atoms with Crippen molar-refractivity contribution < 1.29 is 90.8 Å². The maximum Gasteiger partial charge on any atom is 0.408 e. The molecular formula is C93H104Cl2N4O19. The number of carboxylic acid groups (broad SMARTS) is 1. The number of ether oxygens (including phenoxy) is 11. The van der Waals surface area contributed by atoms with Crippen LogP contribution in [0.25, 0.3) is 0 Å². The average molecular weight is 1650 g/mol. The first-order valence-electron chi connectivity index (χ1n) is 37.9. The summed E-state index contributed by atoms with van der Waals surface area (Å²) < 4.78 is 60.4. The SMILES string of the molecule is CC(C)(C)OC(=O)NC(Cc1ccc(OCc2ccccc2)cc1)C(=O)OCOC(=O)C(Cc1ccc(OCc2ccccc2)cc1)NC(=O)OC(C)(C)C.CC(Cc1ccc(OCc2ccccc2)cc1)C(=O)O.Cl.Cl.NC(Cc1ccc(OCc2ccccc2)cc1)C(=O)OCOC(=O)C(N)Cc1ccc(OCc2ccccc2)cc1. The molecule has 0 heterocycles. The normalized spacial score (nSPS) is 12.0. The number of rotatable bonds is 36. The Kier molecular flexibility index (Phi) is 39.6. The van der Waals surface area contributed by atoms with E-state index < -0.39 is 91.0 Å². The highest BCUT2D eigenvalue weighted by molar-refractivity contribution is 5.86. The van der Waals surface area contributed by atoms with Crippen LogP contribution in [0.5, 0.6) is 28.7 Å². The molecule has 0 bridgehead atoms. The van der Waals surface area contributed by atoms with Crippen molar-refractivity contribution in [1.29, 1.82) is 0 Å². The molecule has 10 rings (SSSR count). The number of nitrogens with one attached hydrogen (secondary N) is 2. The Balaban J connectivity index is 0.000000300. The van der Waals surface area contributed by atoms with Gasteiger partial charge in [0.2, 0.25) is 13.6 Å². The van der Waals surface area contributed by atoms with E-state index in [1.54, 1.807) is 97.0 Å². The lowest BCUT2D eigenvalue weighted by molar-refractivity contribution is -0.171. The molecule has 0 aromatic heterocycles. The zero-order chi connectivity index (χ0) is 83.1. The molecule has 0 fully saturated rings. The fraction of sp³-hybridized carbons (Fsp3) is 0.280. The summed E-state index contributed by atoms with van der Waals surface area (Å²) in [7, 11) is 0. The first kappa shape index (κ1) is 94.4. The number of benzene rings is 10. The summed E-state index contributed by atoms with van der Waals surface area (Å²) in [6.07, 6.45) is -0.515. The van der Waals surface area contributed by atoms with Gasteiger partial charge in [-0.1, -0.05) is 219 Å². The van der Waals surface area contributed by atoms with Crippen LogP contribution in [0.15, 0.2) is 273 Å². The zero-order valence-electron chi connectivity index (χ0n) is 67.1. The topological polar surface area (TPSA) is 317 Å². The summed E-state index contributed by atoms with van der Waals surface area (Å²) in [6.45, 7) is 12.8. The summed E-state index contributed by atoms with van der Waals surface area (Å²) in [5, 5.41) is 14.0. The Labute approximate surface area is 701 Å². The van der Waals surface area contributed by atoms with Crippen LogP contribution in [0, 0.1) is 5.92 Å². The number of aliphatic carboxylic acids is 1. The molecule has 23 nitrogen and oxygen atoms in total. The first-order valence-corrected chi connectivity index (χ1v) is 37.9. The third kappa shape index (κ3) is 36.6. The predicted molar refractivity (Wildman–Crippen MR) is 452 cm³/mol. The molecule has 2 amide bonds. The minimum absolute atomic E-state index is 0. The average Bonchev–Trinajstić information content (AvgIpc) is 0.872. The van der Waals surface area contributed by atoms with Gasteiger partial charge in [-0.25, -0.2) is 19.2 Å². The number of alkyl carbamates (subject to hydrolysis) is 2. The maximum atomic E-state index is 13.3. The Bertz CT molecular complexity index is 4380. The van der Waals surface area contributed by atoms with Gasteiger partial charge in [0.25, 0.3) is 0 Å². The van der Waals surface area contributed by atoms with Crippen molar-refractivity contribution in [3.8, 4) is 28.7 Å². The summed E-state index contributed by atoms with van der Waals surface area (Å²) in [6, 6.07) is 81.3. The number of hydrogen-bond donors (Lipinski definition) is 5. The summed E-state index contributed by atoms with van der Waals surface area (Å²) in [5.41, 5.74) is 19.7. The molecular weight excluding hydrogens is 1550 g/mol. The van der Waals surface area contributed by atoms with Crippen molar-refractivity contribution >= 4 is 66.8 Å². The van der Waals surface area contributed by atoms with E-state index in [4.69, 9.17) is 68.7 Å². The number of halogens is 2. The van der Waals surface area contributed by atoms with Crippen molar-refractivity contribution in [2.75, 3.05) is 13.6 Å². The van der Waals surface area contributed by atoms with E-state index in [2.05, 4.69) is 10.6 Å². The molecule has 0 spiro atoms. The van der Waals surface area contributed by atoms with Gasteiger partial charge in [0.15, 0.2) is 0 Å². The van der Waals surface area contributed by atoms with E-state index in [9.17, 15) is 33.6 Å². The number of esters is 4. The number of carboxylic acids is 1. The smallest absolute Gasteiger partial charge is 0.408 e. The lowest BCUT2D eigenvalue weighted by atomic mass is 10.0. The third-order valence-corrected chi connectivity index (χ3v) is 17.0. The fourth-order valence-corrected chi connectivity index (χ4v) is 10.9. The fourth-order valence-electron chi connectivity index (χ4n) is 10.9. The largest absolute Gasteiger partial charge is 0.489 e. The van der Waals surface area contributed by atoms with E-state index >= 15 is 0 Å². The van der Waals surface area contributed by atoms with Crippen molar-refractivity contribution in [3.05, 3.63) is 329 Å². The third-order valence-electron chi connectivity index (χ3n) is 17.0. The molecule has 7 N–H and O–H groups in total. The Morgan fingerprint density at radius 2 is 0.517 bits per heavy atom. The molecule has 25 heteroatoms. The Hall–Kier alpha value is -12.4. The number of carbonyl (C=O) groups is 7. The van der Waals surface area contributed by atoms with Crippen LogP contribution in [0.4, 0.5) is 9.59 Å². The van der Waals surface area contributed by atoms with Gasteiger partial charge in [-0.3, -0.25) is 14.4 Å². The lowest BCUT2D eigenvalue weighted by Gasteiger charge is -2.24. The van der Waals surface area contributed by atoms with Gasteiger partial charge in [-0.05, 0) is 177 Å². The highest BCUT2D eigenvalue weighted by Crippen LogP contribution is 2.23. The maximum absolute atomic E-state index is 13.3. The number of carbonyl (C=O) groups excluding carboxylic acids is 6. The Morgan fingerprint density at radius 3 is 0.737 bits per heavy atom. The molecule has 0 aliphatic rings. The molecule has 0 aliphatic heterocycles. The molecule has 0 saturated heterocycles. The van der Waals surface area contributed by atoms with E-state index in [-0.39, 0.29) is 56.4 Å². The van der Waals surface area contributed by atoms with Crippen LogP contribution in [0.1, 0.15) is 104 Å². The minimum atomic E-state index is -1.19. The summed E-state index contributed by atoms with van der Waals surface area (Å²) >= 11 is 0. The molecule has 0 aliphatic carbocycles. The van der Waals surface area contributed by atoms with Gasteiger partial charge in [-0.15, -0.1) is 24.8 Å². The zero-order valence-corrected chi connectivity index (χ0v) is 68.8. The second-order valence-electron chi connectivity index (χ2n) is 29.1. The van der Waals surface area contributed by atoms with Gasteiger partial charge in [0.05, 0.1) is 5.92 Å². The minimum Gasteiger partial charge on any atom is -0.489 e. The Morgan fingerprint density at radius 1 is 0.305 bits per heavy atom. The highest BCUT2D eigenvalue weighted by atomic mass is 35.5. The molecule has 5 atom stereocenters. The number of hydrogen-bond acceptors (Lipinski definition) is 20. The van der Waals surface area contributed by atoms with E-state index in [1.807, 2.05) is 224 Å². The highest BCUT2D eigenvalue weighted by Gasteiger charge is 2.30. The van der Waals surface area contributed by atoms with Crippen LogP contribution in [0.3, 0.4) is 0 Å².